The maximum Gasteiger partial charge on any atom is 0.230 e. The maximum atomic E-state index is 11.8. The molecule has 2 aromatic heterocycles. The van der Waals surface area contributed by atoms with Crippen molar-refractivity contribution in [2.75, 3.05) is 18.1 Å². The molecule has 2 aromatic rings. The lowest BCUT2D eigenvalue weighted by atomic mass is 10.3. The van der Waals surface area contributed by atoms with Gasteiger partial charge in [-0.3, -0.25) is 4.79 Å². The van der Waals surface area contributed by atoms with Gasteiger partial charge >= 0.3 is 0 Å². The van der Waals surface area contributed by atoms with Crippen LogP contribution in [0.2, 0.25) is 0 Å². The van der Waals surface area contributed by atoms with Gasteiger partial charge in [0.1, 0.15) is 0 Å². The van der Waals surface area contributed by atoms with Crippen molar-refractivity contribution < 1.29 is 4.79 Å². The van der Waals surface area contributed by atoms with Crippen molar-refractivity contribution in [3.05, 3.63) is 22.4 Å². The van der Waals surface area contributed by atoms with E-state index in [9.17, 15) is 4.79 Å². The van der Waals surface area contributed by atoms with E-state index in [0.29, 0.717) is 5.75 Å². The van der Waals surface area contributed by atoms with Gasteiger partial charge in [0.2, 0.25) is 11.0 Å². The molecule has 2 N–H and O–H groups in total. The molecule has 2 rings (SSSR count). The Morgan fingerprint density at radius 2 is 2.37 bits per heavy atom. The Labute approximate surface area is 123 Å². The molecule has 0 fully saturated rings. The van der Waals surface area contributed by atoms with Crippen molar-refractivity contribution in [1.82, 2.24) is 15.5 Å². The van der Waals surface area contributed by atoms with E-state index in [1.54, 1.807) is 18.4 Å². The molecule has 0 radical (unpaired) electrons. The Hall–Kier alpha value is -1.12. The zero-order valence-corrected chi connectivity index (χ0v) is 13.0. The van der Waals surface area contributed by atoms with E-state index >= 15 is 0 Å². The Balaban J connectivity index is 1.78. The largest absolute Gasteiger partial charge is 0.363 e. The van der Waals surface area contributed by atoms with Gasteiger partial charge in [-0.1, -0.05) is 29.2 Å². The SMILES string of the molecule is CNc1nnc(SCC(=O)N[C@H](C)c2cccs2)s1. The lowest BCUT2D eigenvalue weighted by Crippen LogP contribution is -2.27. The summed E-state index contributed by atoms with van der Waals surface area (Å²) in [6, 6.07) is 4.06. The van der Waals surface area contributed by atoms with Gasteiger partial charge < -0.3 is 10.6 Å². The molecular formula is C11H14N4OS3. The number of thiophene rings is 1. The average Bonchev–Trinajstić information content (AvgIpc) is 3.07. The van der Waals surface area contributed by atoms with Gasteiger partial charge in [-0.25, -0.2) is 0 Å². The van der Waals surface area contributed by atoms with Crippen molar-refractivity contribution in [2.24, 2.45) is 0 Å². The smallest absolute Gasteiger partial charge is 0.230 e. The lowest BCUT2D eigenvalue weighted by Gasteiger charge is -2.11. The summed E-state index contributed by atoms with van der Waals surface area (Å²) in [5.41, 5.74) is 0. The second kappa shape index (κ2) is 6.88. The molecule has 5 nitrogen and oxygen atoms in total. The quantitative estimate of drug-likeness (QED) is 0.802. The predicted molar refractivity (Wildman–Crippen MR) is 81.1 cm³/mol. The fraction of sp³-hybridized carbons (Fsp3) is 0.364. The van der Waals surface area contributed by atoms with Gasteiger partial charge in [-0.15, -0.1) is 21.5 Å². The van der Waals surface area contributed by atoms with Crippen molar-refractivity contribution in [2.45, 2.75) is 17.3 Å². The summed E-state index contributed by atoms with van der Waals surface area (Å²) in [5, 5.41) is 16.5. The summed E-state index contributed by atoms with van der Waals surface area (Å²) in [6.07, 6.45) is 0. The number of carbonyl (C=O) groups is 1. The molecule has 102 valence electrons. The topological polar surface area (TPSA) is 66.9 Å². The third-order valence-corrected chi connectivity index (χ3v) is 5.42. The normalized spacial score (nSPS) is 12.1. The van der Waals surface area contributed by atoms with E-state index in [-0.39, 0.29) is 11.9 Å². The van der Waals surface area contributed by atoms with Crippen LogP contribution in [0.25, 0.3) is 0 Å². The van der Waals surface area contributed by atoms with E-state index in [4.69, 9.17) is 0 Å². The van der Waals surface area contributed by atoms with Crippen LogP contribution in [0.5, 0.6) is 0 Å². The van der Waals surface area contributed by atoms with E-state index in [1.807, 2.05) is 24.4 Å². The number of hydrogen-bond acceptors (Lipinski definition) is 7. The number of anilines is 1. The number of rotatable bonds is 6. The summed E-state index contributed by atoms with van der Waals surface area (Å²) in [6.45, 7) is 1.98. The summed E-state index contributed by atoms with van der Waals surface area (Å²) < 4.78 is 0.795. The fourth-order valence-corrected chi connectivity index (χ4v) is 3.64. The number of thioether (sulfide) groups is 1. The van der Waals surface area contributed by atoms with Gasteiger partial charge in [-0.2, -0.15) is 0 Å². The minimum absolute atomic E-state index is 0.00658. The first-order valence-corrected chi connectivity index (χ1v) is 8.34. The van der Waals surface area contributed by atoms with Crippen LogP contribution in [-0.2, 0) is 4.79 Å². The average molecular weight is 314 g/mol. The fourth-order valence-electron chi connectivity index (χ4n) is 1.39. The molecule has 0 bridgehead atoms. The van der Waals surface area contributed by atoms with Crippen molar-refractivity contribution >= 4 is 45.5 Å². The Morgan fingerprint density at radius 1 is 1.53 bits per heavy atom. The molecule has 1 amide bonds. The molecule has 0 saturated heterocycles. The number of amides is 1. The number of carbonyl (C=O) groups excluding carboxylic acids is 1. The molecule has 0 aliphatic heterocycles. The van der Waals surface area contributed by atoms with Crippen LogP contribution >= 0.6 is 34.4 Å². The maximum absolute atomic E-state index is 11.8. The third-order valence-electron chi connectivity index (χ3n) is 2.29. The van der Waals surface area contributed by atoms with E-state index < -0.39 is 0 Å². The van der Waals surface area contributed by atoms with E-state index in [2.05, 4.69) is 20.8 Å². The third kappa shape index (κ3) is 4.19. The standard InChI is InChI=1S/C11H14N4OS3/c1-7(8-4-3-5-17-8)13-9(16)6-18-11-15-14-10(12-2)19-11/h3-5,7H,6H2,1-2H3,(H,12,14)(H,13,16)/t7-/m1/s1. The van der Waals surface area contributed by atoms with Crippen LogP contribution < -0.4 is 10.6 Å². The van der Waals surface area contributed by atoms with Crippen molar-refractivity contribution in [3.8, 4) is 0 Å². The zero-order valence-electron chi connectivity index (χ0n) is 10.5. The Bertz CT molecular complexity index is 526. The summed E-state index contributed by atoms with van der Waals surface area (Å²) in [7, 11) is 1.80. The molecule has 0 spiro atoms. The van der Waals surface area contributed by atoms with Crippen LogP contribution in [0.3, 0.4) is 0 Å². The van der Waals surface area contributed by atoms with Gasteiger partial charge in [0.05, 0.1) is 11.8 Å². The summed E-state index contributed by atoms with van der Waals surface area (Å²) in [4.78, 5) is 13.0. The highest BCUT2D eigenvalue weighted by Gasteiger charge is 2.12. The summed E-state index contributed by atoms with van der Waals surface area (Å²) >= 11 is 4.49. The van der Waals surface area contributed by atoms with Gasteiger partial charge in [0, 0.05) is 11.9 Å². The second-order valence-corrected chi connectivity index (χ2v) is 6.90. The van der Waals surface area contributed by atoms with Crippen LogP contribution in [0.1, 0.15) is 17.8 Å². The van der Waals surface area contributed by atoms with E-state index in [0.717, 1.165) is 14.3 Å². The van der Waals surface area contributed by atoms with Gasteiger partial charge in [0.25, 0.3) is 0 Å². The first kappa shape index (κ1) is 14.3. The van der Waals surface area contributed by atoms with Gasteiger partial charge in [-0.05, 0) is 18.4 Å². The highest BCUT2D eigenvalue weighted by atomic mass is 32.2. The highest BCUT2D eigenvalue weighted by Crippen LogP contribution is 2.25. The number of aromatic nitrogens is 2. The zero-order chi connectivity index (χ0) is 13.7. The van der Waals surface area contributed by atoms with E-state index in [1.165, 1.54) is 23.1 Å². The molecule has 1 atom stereocenters. The number of nitrogens with zero attached hydrogens (tertiary/aromatic N) is 2. The molecule has 8 heteroatoms. The second-order valence-electron chi connectivity index (χ2n) is 3.72. The molecular weight excluding hydrogens is 300 g/mol. The minimum Gasteiger partial charge on any atom is -0.363 e. The summed E-state index contributed by atoms with van der Waals surface area (Å²) in [5.74, 6) is 0.362. The highest BCUT2D eigenvalue weighted by molar-refractivity contribution is 8.01. The molecule has 0 unspecified atom stereocenters. The monoisotopic (exact) mass is 314 g/mol. The minimum atomic E-state index is 0.00658. The molecule has 19 heavy (non-hydrogen) atoms. The number of nitrogens with one attached hydrogen (secondary N) is 2. The van der Waals surface area contributed by atoms with Crippen molar-refractivity contribution in [3.63, 3.8) is 0 Å². The van der Waals surface area contributed by atoms with Crippen LogP contribution in [-0.4, -0.2) is 28.9 Å². The molecule has 0 aromatic carbocycles. The van der Waals surface area contributed by atoms with Crippen LogP contribution in [0, 0.1) is 0 Å². The lowest BCUT2D eigenvalue weighted by molar-refractivity contribution is -0.119. The Kier molecular flexibility index (Phi) is 5.17. The van der Waals surface area contributed by atoms with Crippen molar-refractivity contribution in [1.29, 1.82) is 0 Å². The molecule has 0 aliphatic carbocycles. The first-order valence-electron chi connectivity index (χ1n) is 5.66. The van der Waals surface area contributed by atoms with Crippen LogP contribution in [0.15, 0.2) is 21.9 Å². The first-order chi connectivity index (χ1) is 9.19. The van der Waals surface area contributed by atoms with Gasteiger partial charge in [0.15, 0.2) is 4.34 Å². The molecule has 0 aliphatic rings. The predicted octanol–water partition coefficient (Wildman–Crippen LogP) is 2.61. The Morgan fingerprint density at radius 3 is 3.00 bits per heavy atom. The molecule has 0 saturated carbocycles. The number of hydrogen-bond donors (Lipinski definition) is 2. The molecule has 2 heterocycles. The van der Waals surface area contributed by atoms with Crippen LogP contribution in [0.4, 0.5) is 5.13 Å².